The van der Waals surface area contributed by atoms with E-state index in [-0.39, 0.29) is 5.69 Å². The van der Waals surface area contributed by atoms with E-state index in [1.807, 2.05) is 42.5 Å². The molecule has 3 aromatic carbocycles. The fourth-order valence-corrected chi connectivity index (χ4v) is 3.93. The van der Waals surface area contributed by atoms with Gasteiger partial charge in [0.15, 0.2) is 11.5 Å². The molecule has 0 bridgehead atoms. The van der Waals surface area contributed by atoms with Crippen molar-refractivity contribution in [3.63, 3.8) is 0 Å². The molecule has 162 valence electrons. The predicted molar refractivity (Wildman–Crippen MR) is 121 cm³/mol. The van der Waals surface area contributed by atoms with Crippen LogP contribution in [0.15, 0.2) is 65.8 Å². The molecule has 0 atom stereocenters. The summed E-state index contributed by atoms with van der Waals surface area (Å²) in [4.78, 5) is 12.4. The quantitative estimate of drug-likeness (QED) is 0.428. The number of benzene rings is 3. The van der Waals surface area contributed by atoms with E-state index in [4.69, 9.17) is 9.47 Å². The van der Waals surface area contributed by atoms with E-state index in [9.17, 15) is 13.2 Å². The Balaban J connectivity index is 1.77. The Morgan fingerprint density at radius 3 is 2.45 bits per heavy atom. The van der Waals surface area contributed by atoms with Crippen molar-refractivity contribution < 1.29 is 22.7 Å². The van der Waals surface area contributed by atoms with Crippen LogP contribution in [0.4, 0.5) is 5.69 Å². The van der Waals surface area contributed by atoms with Crippen LogP contribution in [-0.4, -0.2) is 47.6 Å². The lowest BCUT2D eigenvalue weighted by Crippen LogP contribution is -2.39. The summed E-state index contributed by atoms with van der Waals surface area (Å²) in [7, 11) is -0.814. The summed E-state index contributed by atoms with van der Waals surface area (Å²) >= 11 is 0. The van der Waals surface area contributed by atoms with Crippen molar-refractivity contribution in [1.82, 2.24) is 5.43 Å². The van der Waals surface area contributed by atoms with Gasteiger partial charge in [-0.3, -0.25) is 9.10 Å². The second kappa shape index (κ2) is 9.48. The number of hydrogen-bond acceptors (Lipinski definition) is 6. The summed E-state index contributed by atoms with van der Waals surface area (Å²) in [6.07, 6.45) is 2.55. The van der Waals surface area contributed by atoms with Crippen LogP contribution in [0.1, 0.15) is 5.56 Å². The largest absolute Gasteiger partial charge is 0.493 e. The highest BCUT2D eigenvalue weighted by Crippen LogP contribution is 2.32. The van der Waals surface area contributed by atoms with E-state index < -0.39 is 22.5 Å². The number of ether oxygens (including phenoxy) is 2. The van der Waals surface area contributed by atoms with Crippen LogP contribution in [0.2, 0.25) is 0 Å². The molecule has 0 saturated carbocycles. The summed E-state index contributed by atoms with van der Waals surface area (Å²) in [5.41, 5.74) is 3.49. The Morgan fingerprint density at radius 2 is 1.74 bits per heavy atom. The van der Waals surface area contributed by atoms with Crippen LogP contribution >= 0.6 is 0 Å². The zero-order valence-electron chi connectivity index (χ0n) is 17.4. The monoisotopic (exact) mass is 441 g/mol. The Morgan fingerprint density at radius 1 is 1.03 bits per heavy atom. The molecule has 1 amide bonds. The van der Waals surface area contributed by atoms with Gasteiger partial charge in [0.25, 0.3) is 5.91 Å². The Hall–Kier alpha value is -3.59. The lowest BCUT2D eigenvalue weighted by molar-refractivity contribution is -0.119. The maximum Gasteiger partial charge on any atom is 0.260 e. The number of nitrogens with one attached hydrogen (secondary N) is 1. The van der Waals surface area contributed by atoms with Crippen molar-refractivity contribution in [2.45, 2.75) is 0 Å². The van der Waals surface area contributed by atoms with Crippen LogP contribution in [0.5, 0.6) is 11.5 Å². The van der Waals surface area contributed by atoms with Crippen molar-refractivity contribution in [2.75, 3.05) is 31.3 Å². The minimum absolute atomic E-state index is 0.272. The van der Waals surface area contributed by atoms with Crippen molar-refractivity contribution in [3.05, 3.63) is 66.2 Å². The van der Waals surface area contributed by atoms with Crippen LogP contribution in [0, 0.1) is 0 Å². The standard InChI is InChI=1S/C22H23N3O5S/c1-29-20-12-11-18(13-21(20)30-2)25(31(3,27)28)15-22(26)24-23-14-17-9-6-8-16-7-4-5-10-19(16)17/h4-14H,15H2,1-3H3,(H,24,26)/b23-14-. The molecule has 3 aromatic rings. The predicted octanol–water partition coefficient (Wildman–Crippen LogP) is 2.77. The van der Waals surface area contributed by atoms with Crippen molar-refractivity contribution in [1.29, 1.82) is 0 Å². The number of carbonyl (C=O) groups is 1. The third kappa shape index (κ3) is 5.32. The fourth-order valence-electron chi connectivity index (χ4n) is 3.08. The lowest BCUT2D eigenvalue weighted by atomic mass is 10.1. The molecule has 9 heteroatoms. The zero-order chi connectivity index (χ0) is 22.4. The number of rotatable bonds is 8. The first-order valence-corrected chi connectivity index (χ1v) is 11.2. The molecular weight excluding hydrogens is 418 g/mol. The summed E-state index contributed by atoms with van der Waals surface area (Å²) in [6, 6.07) is 18.2. The average Bonchev–Trinajstić information content (AvgIpc) is 2.76. The van der Waals surface area contributed by atoms with Gasteiger partial charge in [0, 0.05) is 11.6 Å². The van der Waals surface area contributed by atoms with Crippen LogP contribution in [0.3, 0.4) is 0 Å². The van der Waals surface area contributed by atoms with Gasteiger partial charge in [-0.1, -0.05) is 42.5 Å². The summed E-state index contributed by atoms with van der Waals surface area (Å²) in [5.74, 6) is 0.212. The molecule has 0 aliphatic carbocycles. The maximum atomic E-state index is 12.4. The molecule has 0 fully saturated rings. The van der Waals surface area contributed by atoms with Gasteiger partial charge < -0.3 is 9.47 Å². The van der Waals surface area contributed by atoms with Gasteiger partial charge in [-0.2, -0.15) is 5.10 Å². The molecule has 3 rings (SSSR count). The van der Waals surface area contributed by atoms with E-state index in [1.54, 1.807) is 6.07 Å². The highest BCUT2D eigenvalue weighted by Gasteiger charge is 2.22. The van der Waals surface area contributed by atoms with Crippen molar-refractivity contribution in [2.24, 2.45) is 5.10 Å². The van der Waals surface area contributed by atoms with E-state index in [2.05, 4.69) is 10.5 Å². The molecule has 31 heavy (non-hydrogen) atoms. The first kappa shape index (κ1) is 22.1. The number of hydrogen-bond donors (Lipinski definition) is 1. The Bertz CT molecular complexity index is 1220. The second-order valence-electron chi connectivity index (χ2n) is 6.67. The van der Waals surface area contributed by atoms with Gasteiger partial charge in [-0.15, -0.1) is 0 Å². The summed E-state index contributed by atoms with van der Waals surface area (Å²) in [5, 5.41) is 6.03. The van der Waals surface area contributed by atoms with E-state index >= 15 is 0 Å². The van der Waals surface area contributed by atoms with E-state index in [0.717, 1.165) is 26.9 Å². The number of carbonyl (C=O) groups excluding carboxylic acids is 1. The molecule has 0 spiro atoms. The number of fused-ring (bicyclic) bond motifs is 1. The third-order valence-corrected chi connectivity index (χ3v) is 5.70. The number of sulfonamides is 1. The van der Waals surface area contributed by atoms with Gasteiger partial charge in [-0.05, 0) is 22.9 Å². The molecule has 0 radical (unpaired) electrons. The molecule has 0 heterocycles. The first-order chi connectivity index (χ1) is 14.8. The first-order valence-electron chi connectivity index (χ1n) is 9.33. The number of amides is 1. The fraction of sp³-hybridized carbons (Fsp3) is 0.182. The van der Waals surface area contributed by atoms with Crippen molar-refractivity contribution >= 4 is 38.6 Å². The average molecular weight is 442 g/mol. The minimum Gasteiger partial charge on any atom is -0.493 e. The van der Waals surface area contributed by atoms with Crippen LogP contribution < -0.4 is 19.2 Å². The van der Waals surface area contributed by atoms with Crippen molar-refractivity contribution in [3.8, 4) is 11.5 Å². The zero-order valence-corrected chi connectivity index (χ0v) is 18.2. The summed E-state index contributed by atoms with van der Waals surface area (Å²) in [6.45, 7) is -0.443. The highest BCUT2D eigenvalue weighted by molar-refractivity contribution is 7.92. The molecule has 0 aromatic heterocycles. The van der Waals surface area contributed by atoms with Gasteiger partial charge >= 0.3 is 0 Å². The molecule has 0 saturated heterocycles. The van der Waals surface area contributed by atoms with E-state index in [1.165, 1.54) is 32.6 Å². The topological polar surface area (TPSA) is 97.3 Å². The lowest BCUT2D eigenvalue weighted by Gasteiger charge is -2.22. The van der Waals surface area contributed by atoms with Gasteiger partial charge in [-0.25, -0.2) is 13.8 Å². The smallest absolute Gasteiger partial charge is 0.260 e. The highest BCUT2D eigenvalue weighted by atomic mass is 32.2. The minimum atomic E-state index is -3.74. The molecule has 0 aliphatic heterocycles. The molecule has 1 N–H and O–H groups in total. The van der Waals surface area contributed by atoms with Gasteiger partial charge in [0.05, 0.1) is 32.4 Å². The van der Waals surface area contributed by atoms with Gasteiger partial charge in [0.2, 0.25) is 10.0 Å². The Labute approximate surface area is 181 Å². The SMILES string of the molecule is COc1ccc(N(CC(=O)N/N=C\c2cccc3ccccc23)S(C)(=O)=O)cc1OC. The number of methoxy groups -OCH3 is 2. The van der Waals surface area contributed by atoms with Crippen LogP contribution in [-0.2, 0) is 14.8 Å². The molecular formula is C22H23N3O5S. The second-order valence-corrected chi connectivity index (χ2v) is 8.58. The number of anilines is 1. The molecule has 8 nitrogen and oxygen atoms in total. The normalized spacial score (nSPS) is 11.5. The molecule has 0 aliphatic rings. The third-order valence-electron chi connectivity index (χ3n) is 4.56. The van der Waals surface area contributed by atoms with Gasteiger partial charge in [0.1, 0.15) is 6.54 Å². The summed E-state index contributed by atoms with van der Waals surface area (Å²) < 4.78 is 36.0. The molecule has 0 unspecified atom stereocenters. The van der Waals surface area contributed by atoms with E-state index in [0.29, 0.717) is 11.5 Å². The Kier molecular flexibility index (Phi) is 6.76. The number of nitrogens with zero attached hydrogens (tertiary/aromatic N) is 2. The number of hydrazone groups is 1. The van der Waals surface area contributed by atoms with Crippen LogP contribution in [0.25, 0.3) is 10.8 Å². The maximum absolute atomic E-state index is 12.4.